The number of nitrogens with zero attached hydrogens (tertiary/aromatic N) is 3. The van der Waals surface area contributed by atoms with Crippen molar-refractivity contribution in [1.82, 2.24) is 9.97 Å². The van der Waals surface area contributed by atoms with E-state index in [1.54, 1.807) is 29.4 Å². The first-order valence-electron chi connectivity index (χ1n) is 7.75. The lowest BCUT2D eigenvalue weighted by Crippen LogP contribution is -1.86. The summed E-state index contributed by atoms with van der Waals surface area (Å²) >= 11 is 3.36. The highest BCUT2D eigenvalue weighted by molar-refractivity contribution is 7.98. The fourth-order valence-corrected chi connectivity index (χ4v) is 4.56. The van der Waals surface area contributed by atoms with Crippen LogP contribution >= 0.6 is 23.1 Å². The van der Waals surface area contributed by atoms with Crippen molar-refractivity contribution in [2.75, 3.05) is 0 Å². The molecule has 0 saturated heterocycles. The van der Waals surface area contributed by atoms with E-state index in [0.717, 1.165) is 26.6 Å². The Morgan fingerprint density at radius 2 is 1.88 bits per heavy atom. The van der Waals surface area contributed by atoms with Crippen LogP contribution in [0.4, 0.5) is 0 Å². The molecule has 5 heteroatoms. The minimum atomic E-state index is 0.688. The van der Waals surface area contributed by atoms with Crippen molar-refractivity contribution in [3.8, 4) is 16.5 Å². The second-order valence-corrected chi connectivity index (χ2v) is 7.47. The normalized spacial score (nSPS) is 10.7. The third-order valence-corrected chi connectivity index (χ3v) is 5.95. The Morgan fingerprint density at radius 3 is 2.72 bits per heavy atom. The van der Waals surface area contributed by atoms with Gasteiger partial charge in [0.15, 0.2) is 0 Å². The van der Waals surface area contributed by atoms with Crippen LogP contribution in [0.25, 0.3) is 20.7 Å². The fourth-order valence-electron chi connectivity index (χ4n) is 2.58. The molecule has 0 aliphatic heterocycles. The smallest absolute Gasteiger partial charge is 0.128 e. The lowest BCUT2D eigenvalue weighted by Gasteiger charge is -2.02. The summed E-state index contributed by atoms with van der Waals surface area (Å²) < 4.78 is 0. The van der Waals surface area contributed by atoms with E-state index >= 15 is 0 Å². The second-order valence-electron chi connectivity index (χ2n) is 5.48. The fraction of sp³-hybridized carbons (Fsp3) is 0.0500. The van der Waals surface area contributed by atoms with Crippen LogP contribution in [-0.2, 0) is 5.75 Å². The van der Waals surface area contributed by atoms with Gasteiger partial charge in [-0.2, -0.15) is 5.26 Å². The Kier molecular flexibility index (Phi) is 4.47. The van der Waals surface area contributed by atoms with Crippen LogP contribution in [0.5, 0.6) is 0 Å². The van der Waals surface area contributed by atoms with Gasteiger partial charge in [-0.3, -0.25) is 0 Å². The molecule has 2 aromatic carbocycles. The van der Waals surface area contributed by atoms with E-state index in [2.05, 4.69) is 34.2 Å². The topological polar surface area (TPSA) is 49.6 Å². The minimum Gasteiger partial charge on any atom is -0.229 e. The van der Waals surface area contributed by atoms with Gasteiger partial charge in [0.25, 0.3) is 0 Å². The largest absolute Gasteiger partial charge is 0.229 e. The Balaban J connectivity index is 1.63. The maximum atomic E-state index is 9.02. The molecule has 0 amide bonds. The summed E-state index contributed by atoms with van der Waals surface area (Å²) in [6, 6.07) is 22.4. The predicted molar refractivity (Wildman–Crippen MR) is 104 cm³/mol. The zero-order valence-corrected chi connectivity index (χ0v) is 14.8. The molecule has 3 nitrogen and oxygen atoms in total. The number of thioether (sulfide) groups is 1. The first kappa shape index (κ1) is 15.8. The summed E-state index contributed by atoms with van der Waals surface area (Å²) in [5.41, 5.74) is 3.00. The maximum Gasteiger partial charge on any atom is 0.128 e. The van der Waals surface area contributed by atoms with E-state index in [0.29, 0.717) is 5.56 Å². The van der Waals surface area contributed by atoms with Crippen LogP contribution in [-0.4, -0.2) is 9.97 Å². The highest BCUT2D eigenvalue weighted by Gasteiger charge is 2.10. The highest BCUT2D eigenvalue weighted by atomic mass is 32.2. The summed E-state index contributed by atoms with van der Waals surface area (Å²) in [5.74, 6) is 0.776. The van der Waals surface area contributed by atoms with Gasteiger partial charge >= 0.3 is 0 Å². The first-order chi connectivity index (χ1) is 12.3. The molecule has 2 aromatic heterocycles. The molecule has 0 spiro atoms. The van der Waals surface area contributed by atoms with Gasteiger partial charge in [-0.25, -0.2) is 9.97 Å². The molecular formula is C20H13N3S2. The van der Waals surface area contributed by atoms with E-state index < -0.39 is 0 Å². The molecule has 0 saturated carbocycles. The summed E-state index contributed by atoms with van der Waals surface area (Å²) in [5, 5.41) is 11.1. The quantitative estimate of drug-likeness (QED) is 0.355. The Morgan fingerprint density at radius 1 is 1.00 bits per heavy atom. The van der Waals surface area contributed by atoms with Gasteiger partial charge < -0.3 is 0 Å². The summed E-state index contributed by atoms with van der Waals surface area (Å²) in [6.45, 7) is 0. The molecule has 0 fully saturated rings. The Bertz CT molecular complexity index is 1070. The van der Waals surface area contributed by atoms with Crippen LogP contribution in [0.1, 0.15) is 11.1 Å². The number of thiophene rings is 1. The third kappa shape index (κ3) is 3.41. The molecule has 4 rings (SSSR count). The number of aromatic nitrogens is 2. The van der Waals surface area contributed by atoms with Gasteiger partial charge in [0.1, 0.15) is 16.2 Å². The van der Waals surface area contributed by atoms with Crippen LogP contribution in [0.2, 0.25) is 0 Å². The van der Waals surface area contributed by atoms with Crippen LogP contribution < -0.4 is 0 Å². The van der Waals surface area contributed by atoms with Gasteiger partial charge in [-0.05, 0) is 29.3 Å². The molecule has 25 heavy (non-hydrogen) atoms. The number of rotatable bonds is 4. The van der Waals surface area contributed by atoms with Gasteiger partial charge in [0.05, 0.1) is 11.6 Å². The predicted octanol–water partition coefficient (Wildman–Crippen LogP) is 5.52. The van der Waals surface area contributed by atoms with Crippen molar-refractivity contribution in [2.24, 2.45) is 0 Å². The molecule has 0 radical (unpaired) electrons. The van der Waals surface area contributed by atoms with Crippen molar-refractivity contribution in [3.63, 3.8) is 0 Å². The Hall–Kier alpha value is -2.68. The maximum absolute atomic E-state index is 9.02. The van der Waals surface area contributed by atoms with E-state index in [9.17, 15) is 0 Å². The molecule has 0 atom stereocenters. The number of fused-ring (bicyclic) bond motifs is 1. The highest BCUT2D eigenvalue weighted by Crippen LogP contribution is 2.36. The molecule has 0 unspecified atom stereocenters. The van der Waals surface area contributed by atoms with Crippen LogP contribution in [0, 0.1) is 11.3 Å². The summed E-state index contributed by atoms with van der Waals surface area (Å²) in [6.07, 6.45) is 1.63. The Labute approximate surface area is 154 Å². The van der Waals surface area contributed by atoms with E-state index in [1.807, 2.05) is 42.5 Å². The first-order valence-corrected chi connectivity index (χ1v) is 9.55. The lowest BCUT2D eigenvalue weighted by atomic mass is 10.2. The summed E-state index contributed by atoms with van der Waals surface area (Å²) in [4.78, 5) is 11.1. The molecule has 4 aromatic rings. The molecular weight excluding hydrogens is 346 g/mol. The van der Waals surface area contributed by atoms with E-state index in [4.69, 9.17) is 5.26 Å². The number of benzene rings is 2. The molecule has 0 N–H and O–H groups in total. The van der Waals surface area contributed by atoms with Gasteiger partial charge in [0.2, 0.25) is 0 Å². The van der Waals surface area contributed by atoms with Crippen molar-refractivity contribution in [2.45, 2.75) is 10.8 Å². The van der Waals surface area contributed by atoms with Crippen LogP contribution in [0.3, 0.4) is 0 Å². The molecule has 0 aliphatic rings. The monoisotopic (exact) mass is 359 g/mol. The molecule has 0 bridgehead atoms. The zero-order valence-electron chi connectivity index (χ0n) is 13.2. The number of hydrogen-bond donors (Lipinski definition) is 0. The molecule has 2 heterocycles. The third-order valence-electron chi connectivity index (χ3n) is 3.78. The van der Waals surface area contributed by atoms with Crippen molar-refractivity contribution in [3.05, 3.63) is 78.1 Å². The minimum absolute atomic E-state index is 0.688. The molecule has 0 aliphatic carbocycles. The van der Waals surface area contributed by atoms with E-state index in [-0.39, 0.29) is 0 Å². The number of nitriles is 1. The van der Waals surface area contributed by atoms with Gasteiger partial charge in [-0.15, -0.1) is 23.1 Å². The number of hydrogen-bond acceptors (Lipinski definition) is 5. The molecule has 120 valence electrons. The van der Waals surface area contributed by atoms with Crippen LogP contribution in [0.15, 0.2) is 72.0 Å². The second kappa shape index (κ2) is 7.06. The average molecular weight is 359 g/mol. The van der Waals surface area contributed by atoms with Crippen molar-refractivity contribution in [1.29, 1.82) is 5.26 Å². The van der Waals surface area contributed by atoms with Gasteiger partial charge in [-0.1, -0.05) is 42.5 Å². The van der Waals surface area contributed by atoms with Crippen molar-refractivity contribution < 1.29 is 0 Å². The average Bonchev–Trinajstić information content (AvgIpc) is 3.12. The van der Waals surface area contributed by atoms with Gasteiger partial charge in [0, 0.05) is 16.0 Å². The lowest BCUT2D eigenvalue weighted by molar-refractivity contribution is 1.11. The summed E-state index contributed by atoms with van der Waals surface area (Å²) in [7, 11) is 0. The SMILES string of the molecule is N#Cc1cccc(CSc2ncnc3sc(-c4ccccc4)cc23)c1. The van der Waals surface area contributed by atoms with Crippen molar-refractivity contribution >= 4 is 33.3 Å². The van der Waals surface area contributed by atoms with E-state index in [1.165, 1.54) is 10.4 Å². The zero-order chi connectivity index (χ0) is 17.1. The standard InChI is InChI=1S/C20H13N3S2/c21-11-14-5-4-6-15(9-14)12-24-19-17-10-18(16-7-2-1-3-8-16)25-20(17)23-13-22-19/h1-10,13H,12H2.